The van der Waals surface area contributed by atoms with Crippen LogP contribution in [0.15, 0.2) is 67.4 Å². The molecule has 1 aliphatic rings. The van der Waals surface area contributed by atoms with Gasteiger partial charge in [0.25, 0.3) is 11.8 Å². The zero-order valence-corrected chi connectivity index (χ0v) is 12.8. The van der Waals surface area contributed by atoms with Crippen molar-refractivity contribution in [3.63, 3.8) is 0 Å². The number of ether oxygens (including phenoxy) is 1. The van der Waals surface area contributed by atoms with Gasteiger partial charge in [-0.1, -0.05) is 49.0 Å². The van der Waals surface area contributed by atoms with Crippen molar-refractivity contribution in [3.05, 3.63) is 84.1 Å². The molecule has 1 heterocycles. The van der Waals surface area contributed by atoms with Crippen molar-refractivity contribution in [3.8, 4) is 0 Å². The molecule has 0 aliphatic carbocycles. The van der Waals surface area contributed by atoms with Crippen molar-refractivity contribution in [2.24, 2.45) is 0 Å². The summed E-state index contributed by atoms with van der Waals surface area (Å²) in [4.78, 5) is 38.6. The summed E-state index contributed by atoms with van der Waals surface area (Å²) in [7, 11) is 0. The average Bonchev–Trinajstić information content (AvgIpc) is 2.86. The van der Waals surface area contributed by atoms with Gasteiger partial charge in [-0.25, -0.2) is 4.79 Å². The summed E-state index contributed by atoms with van der Waals surface area (Å²) < 4.78 is 4.86. The number of amides is 2. The van der Waals surface area contributed by atoms with Crippen LogP contribution in [-0.2, 0) is 16.0 Å². The number of carbonyl (C=O) groups is 3. The fourth-order valence-corrected chi connectivity index (χ4v) is 2.77. The van der Waals surface area contributed by atoms with E-state index in [-0.39, 0.29) is 6.42 Å². The molecular formula is C19H15NO4. The van der Waals surface area contributed by atoms with Crippen molar-refractivity contribution in [1.82, 2.24) is 4.90 Å². The third-order valence-corrected chi connectivity index (χ3v) is 3.88. The fourth-order valence-electron chi connectivity index (χ4n) is 2.77. The van der Waals surface area contributed by atoms with Crippen LogP contribution in [0, 0.1) is 0 Å². The summed E-state index contributed by atoms with van der Waals surface area (Å²) in [6.45, 7) is 3.36. The summed E-state index contributed by atoms with van der Waals surface area (Å²) >= 11 is 0. The van der Waals surface area contributed by atoms with Gasteiger partial charge in [-0.05, 0) is 17.7 Å². The van der Waals surface area contributed by atoms with Gasteiger partial charge in [0.1, 0.15) is 6.04 Å². The largest absolute Gasteiger partial charge is 0.434 e. The second-order valence-corrected chi connectivity index (χ2v) is 5.33. The molecule has 0 fully saturated rings. The van der Waals surface area contributed by atoms with Gasteiger partial charge in [-0.3, -0.25) is 14.5 Å². The van der Waals surface area contributed by atoms with Crippen molar-refractivity contribution in [1.29, 1.82) is 0 Å². The van der Waals surface area contributed by atoms with Gasteiger partial charge in [0.15, 0.2) is 0 Å². The second-order valence-electron chi connectivity index (χ2n) is 5.33. The van der Waals surface area contributed by atoms with Crippen LogP contribution in [0.2, 0.25) is 0 Å². The number of imide groups is 1. The van der Waals surface area contributed by atoms with Crippen molar-refractivity contribution in [2.75, 3.05) is 0 Å². The van der Waals surface area contributed by atoms with E-state index in [0.717, 1.165) is 16.7 Å². The van der Waals surface area contributed by atoms with E-state index in [1.165, 1.54) is 0 Å². The number of fused-ring (bicyclic) bond motifs is 1. The van der Waals surface area contributed by atoms with Gasteiger partial charge in [0.2, 0.25) is 0 Å². The van der Waals surface area contributed by atoms with Gasteiger partial charge in [-0.15, -0.1) is 0 Å². The molecule has 24 heavy (non-hydrogen) atoms. The van der Waals surface area contributed by atoms with Gasteiger partial charge >= 0.3 is 5.97 Å². The number of hydrogen-bond donors (Lipinski definition) is 0. The Kier molecular flexibility index (Phi) is 4.24. The molecule has 2 aromatic rings. The van der Waals surface area contributed by atoms with E-state index in [0.29, 0.717) is 11.1 Å². The van der Waals surface area contributed by atoms with Gasteiger partial charge in [0.05, 0.1) is 17.4 Å². The first-order valence-corrected chi connectivity index (χ1v) is 7.45. The van der Waals surface area contributed by atoms with Crippen LogP contribution < -0.4 is 0 Å². The Hall–Kier alpha value is -3.21. The SMILES string of the molecule is C=COC(=O)C(Cc1ccccc1)N1C(=O)c2ccccc2C1=O. The predicted molar refractivity (Wildman–Crippen MR) is 87.2 cm³/mol. The molecule has 5 heteroatoms. The number of rotatable bonds is 5. The minimum absolute atomic E-state index is 0.180. The highest BCUT2D eigenvalue weighted by atomic mass is 16.5. The predicted octanol–water partition coefficient (Wildman–Crippen LogP) is 2.58. The van der Waals surface area contributed by atoms with Crippen LogP contribution >= 0.6 is 0 Å². The molecule has 3 rings (SSSR count). The van der Waals surface area contributed by atoms with Gasteiger partial charge in [-0.2, -0.15) is 0 Å². The van der Waals surface area contributed by atoms with Crippen LogP contribution in [0.4, 0.5) is 0 Å². The Labute approximate surface area is 139 Å². The fraction of sp³-hybridized carbons (Fsp3) is 0.105. The molecule has 1 unspecified atom stereocenters. The number of hydrogen-bond acceptors (Lipinski definition) is 4. The zero-order chi connectivity index (χ0) is 17.1. The second kappa shape index (κ2) is 6.50. The minimum atomic E-state index is -1.04. The molecule has 2 aromatic carbocycles. The molecule has 2 amide bonds. The molecule has 0 bridgehead atoms. The molecule has 0 saturated heterocycles. The lowest BCUT2D eigenvalue weighted by molar-refractivity contribution is -0.142. The molecule has 0 N–H and O–H groups in total. The van der Waals surface area contributed by atoms with Crippen molar-refractivity contribution < 1.29 is 19.1 Å². The first-order chi connectivity index (χ1) is 11.6. The quantitative estimate of drug-likeness (QED) is 0.482. The van der Waals surface area contributed by atoms with Crippen LogP contribution in [0.1, 0.15) is 26.3 Å². The first kappa shape index (κ1) is 15.7. The van der Waals surface area contributed by atoms with E-state index < -0.39 is 23.8 Å². The number of benzene rings is 2. The zero-order valence-electron chi connectivity index (χ0n) is 12.8. The summed E-state index contributed by atoms with van der Waals surface area (Å²) in [6, 6.07) is 14.6. The lowest BCUT2D eigenvalue weighted by atomic mass is 10.0. The Balaban J connectivity index is 1.97. The van der Waals surface area contributed by atoms with E-state index in [2.05, 4.69) is 6.58 Å². The number of esters is 1. The maximum atomic E-state index is 12.6. The molecule has 0 saturated carbocycles. The average molecular weight is 321 g/mol. The summed E-state index contributed by atoms with van der Waals surface area (Å²) in [6.07, 6.45) is 1.18. The highest BCUT2D eigenvalue weighted by Crippen LogP contribution is 2.26. The maximum Gasteiger partial charge on any atom is 0.334 e. The molecule has 120 valence electrons. The molecule has 1 atom stereocenters. The lowest BCUT2D eigenvalue weighted by Gasteiger charge is -2.24. The Morgan fingerprint density at radius 2 is 1.54 bits per heavy atom. The topological polar surface area (TPSA) is 63.7 Å². The van der Waals surface area contributed by atoms with Crippen LogP contribution in [-0.4, -0.2) is 28.7 Å². The highest BCUT2D eigenvalue weighted by Gasteiger charge is 2.43. The van der Waals surface area contributed by atoms with E-state index in [9.17, 15) is 14.4 Å². The van der Waals surface area contributed by atoms with E-state index in [1.54, 1.807) is 24.3 Å². The molecule has 0 radical (unpaired) electrons. The first-order valence-electron chi connectivity index (χ1n) is 7.45. The van der Waals surface area contributed by atoms with Crippen LogP contribution in [0.25, 0.3) is 0 Å². The molecule has 5 nitrogen and oxygen atoms in total. The van der Waals surface area contributed by atoms with Crippen LogP contribution in [0.3, 0.4) is 0 Å². The number of carbonyl (C=O) groups excluding carboxylic acids is 3. The lowest BCUT2D eigenvalue weighted by Crippen LogP contribution is -2.46. The van der Waals surface area contributed by atoms with Gasteiger partial charge in [0, 0.05) is 6.42 Å². The summed E-state index contributed by atoms with van der Waals surface area (Å²) in [5.41, 5.74) is 1.42. The van der Waals surface area contributed by atoms with Crippen molar-refractivity contribution >= 4 is 17.8 Å². The Bertz CT molecular complexity index is 778. The smallest absolute Gasteiger partial charge is 0.334 e. The van der Waals surface area contributed by atoms with Gasteiger partial charge < -0.3 is 4.74 Å². The molecule has 1 aliphatic heterocycles. The molecule has 0 spiro atoms. The Morgan fingerprint density at radius 3 is 2.08 bits per heavy atom. The monoisotopic (exact) mass is 321 g/mol. The van der Waals surface area contributed by atoms with Crippen LogP contribution in [0.5, 0.6) is 0 Å². The van der Waals surface area contributed by atoms with E-state index >= 15 is 0 Å². The number of nitrogens with zero attached hydrogens (tertiary/aromatic N) is 1. The normalized spacial score (nSPS) is 14.2. The van der Waals surface area contributed by atoms with E-state index in [1.807, 2.05) is 30.3 Å². The third-order valence-electron chi connectivity index (χ3n) is 3.88. The van der Waals surface area contributed by atoms with Crippen molar-refractivity contribution in [2.45, 2.75) is 12.5 Å². The molecular weight excluding hydrogens is 306 g/mol. The third kappa shape index (κ3) is 2.72. The summed E-state index contributed by atoms with van der Waals surface area (Å²) in [5, 5.41) is 0. The van der Waals surface area contributed by atoms with E-state index in [4.69, 9.17) is 4.74 Å². The standard InChI is InChI=1S/C19H15NO4/c1-2-24-19(23)16(12-13-8-4-3-5-9-13)20-17(21)14-10-6-7-11-15(14)18(20)22/h2-11,16H,1,12H2. The highest BCUT2D eigenvalue weighted by molar-refractivity contribution is 6.22. The summed E-state index contributed by atoms with van der Waals surface area (Å²) in [5.74, 6) is -1.67. The Morgan fingerprint density at radius 1 is 1.00 bits per heavy atom. The maximum absolute atomic E-state index is 12.6. The minimum Gasteiger partial charge on any atom is -0.434 e. The molecule has 0 aromatic heterocycles.